The van der Waals surface area contributed by atoms with E-state index >= 15 is 0 Å². The zero-order valence-corrected chi connectivity index (χ0v) is 14.1. The van der Waals surface area contributed by atoms with Crippen molar-refractivity contribution in [2.24, 2.45) is 5.92 Å². The predicted octanol–water partition coefficient (Wildman–Crippen LogP) is -0.396. The normalized spacial score (nSPS) is 22.1. The lowest BCUT2D eigenvalue weighted by molar-refractivity contribution is -0.192. The minimum Gasteiger partial charge on any atom is -0.481 e. The monoisotopic (exact) mass is 402 g/mol. The second-order valence-corrected chi connectivity index (χ2v) is 5.51. The standard InChI is InChI=1S/C11H16N2O5S.C2HF3O2/c14-7-3-6(11(17)18)1-2-9(15)13-8(5-19)10(16)12-4-7;3-2(4,5)1(6)7/h6,8,19H,1-5H2,(H,12,16)(H,13,15)(H,17,18);(H,6,7). The van der Waals surface area contributed by atoms with Crippen LogP contribution in [0.5, 0.6) is 0 Å². The molecule has 148 valence electrons. The average molecular weight is 402 g/mol. The van der Waals surface area contributed by atoms with Crippen molar-refractivity contribution in [1.82, 2.24) is 10.6 Å². The highest BCUT2D eigenvalue weighted by Crippen LogP contribution is 2.13. The van der Waals surface area contributed by atoms with E-state index in [1.165, 1.54) is 0 Å². The lowest BCUT2D eigenvalue weighted by atomic mass is 9.97. The van der Waals surface area contributed by atoms with Crippen LogP contribution in [0, 0.1) is 5.92 Å². The molecule has 1 aliphatic rings. The van der Waals surface area contributed by atoms with Crippen LogP contribution < -0.4 is 10.6 Å². The zero-order valence-electron chi connectivity index (χ0n) is 13.2. The maximum Gasteiger partial charge on any atom is 0.490 e. The molecule has 4 N–H and O–H groups in total. The molecule has 0 spiro atoms. The molecule has 0 aromatic rings. The lowest BCUT2D eigenvalue weighted by Gasteiger charge is -2.15. The number of nitrogens with one attached hydrogen (secondary N) is 2. The van der Waals surface area contributed by atoms with Crippen LogP contribution in [0.3, 0.4) is 0 Å². The Kier molecular flexibility index (Phi) is 9.69. The summed E-state index contributed by atoms with van der Waals surface area (Å²) in [5.41, 5.74) is 0. The van der Waals surface area contributed by atoms with Crippen molar-refractivity contribution in [3.8, 4) is 0 Å². The topological polar surface area (TPSA) is 150 Å². The number of carbonyl (C=O) groups excluding carboxylic acids is 3. The fourth-order valence-corrected chi connectivity index (χ4v) is 1.99. The number of carboxylic acid groups (broad SMARTS) is 2. The molecule has 1 aliphatic heterocycles. The van der Waals surface area contributed by atoms with Crippen molar-refractivity contribution in [2.45, 2.75) is 31.5 Å². The molecular weight excluding hydrogens is 385 g/mol. The summed E-state index contributed by atoms with van der Waals surface area (Å²) < 4.78 is 31.7. The third-order valence-electron chi connectivity index (χ3n) is 3.08. The molecule has 1 fully saturated rings. The highest BCUT2D eigenvalue weighted by molar-refractivity contribution is 7.80. The van der Waals surface area contributed by atoms with Crippen LogP contribution in [-0.4, -0.2) is 64.3 Å². The van der Waals surface area contributed by atoms with Crippen LogP contribution in [0.25, 0.3) is 0 Å². The molecule has 0 bridgehead atoms. The second-order valence-electron chi connectivity index (χ2n) is 5.14. The van der Waals surface area contributed by atoms with Gasteiger partial charge >= 0.3 is 18.1 Å². The van der Waals surface area contributed by atoms with Gasteiger partial charge in [-0.2, -0.15) is 25.8 Å². The summed E-state index contributed by atoms with van der Waals surface area (Å²) in [5.74, 6) is -5.95. The molecule has 2 unspecified atom stereocenters. The summed E-state index contributed by atoms with van der Waals surface area (Å²) in [6, 6.07) is -0.815. The summed E-state index contributed by atoms with van der Waals surface area (Å²) in [4.78, 5) is 54.6. The van der Waals surface area contributed by atoms with E-state index < -0.39 is 41.9 Å². The Labute approximate surface area is 150 Å². The Morgan fingerprint density at radius 2 is 1.73 bits per heavy atom. The first-order valence-electron chi connectivity index (χ1n) is 7.11. The summed E-state index contributed by atoms with van der Waals surface area (Å²) in [5, 5.41) is 20.9. The number of hydrogen-bond donors (Lipinski definition) is 5. The van der Waals surface area contributed by atoms with Crippen LogP contribution in [0.15, 0.2) is 0 Å². The van der Waals surface area contributed by atoms with Gasteiger partial charge in [0.1, 0.15) is 6.04 Å². The quantitative estimate of drug-likeness (QED) is 0.395. The molecular formula is C13H17F3N2O7S. The molecule has 0 aromatic heterocycles. The molecule has 0 radical (unpaired) electrons. The molecule has 0 aliphatic carbocycles. The first-order valence-corrected chi connectivity index (χ1v) is 7.74. The number of ketones is 1. The second kappa shape index (κ2) is 10.6. The number of alkyl halides is 3. The van der Waals surface area contributed by atoms with Crippen LogP contribution in [0.2, 0.25) is 0 Å². The van der Waals surface area contributed by atoms with Gasteiger partial charge in [-0.15, -0.1) is 0 Å². The molecule has 1 heterocycles. The van der Waals surface area contributed by atoms with Gasteiger partial charge < -0.3 is 20.8 Å². The fraction of sp³-hybridized carbons (Fsp3) is 0.615. The van der Waals surface area contributed by atoms with Crippen molar-refractivity contribution in [3.05, 3.63) is 0 Å². The van der Waals surface area contributed by atoms with Gasteiger partial charge in [-0.3, -0.25) is 19.2 Å². The number of Topliss-reactive ketones (excluding diaryl/α,β-unsaturated/α-hetero) is 1. The van der Waals surface area contributed by atoms with E-state index in [0.717, 1.165) is 0 Å². The highest BCUT2D eigenvalue weighted by atomic mass is 32.1. The Hall–Kier alpha value is -2.31. The van der Waals surface area contributed by atoms with E-state index in [9.17, 15) is 32.3 Å². The van der Waals surface area contributed by atoms with Crippen LogP contribution in [0.4, 0.5) is 13.2 Å². The smallest absolute Gasteiger partial charge is 0.481 e. The number of carbonyl (C=O) groups is 5. The van der Waals surface area contributed by atoms with Crippen molar-refractivity contribution in [1.29, 1.82) is 0 Å². The molecule has 1 saturated heterocycles. The molecule has 2 atom stereocenters. The Balaban J connectivity index is 0.000000758. The summed E-state index contributed by atoms with van der Waals surface area (Å²) in [6.07, 6.45) is -5.24. The number of aliphatic carboxylic acids is 2. The van der Waals surface area contributed by atoms with Crippen LogP contribution >= 0.6 is 12.6 Å². The third-order valence-corrected chi connectivity index (χ3v) is 3.44. The molecule has 0 aromatic carbocycles. The van der Waals surface area contributed by atoms with Gasteiger partial charge in [-0.05, 0) is 6.42 Å². The number of halogens is 3. The van der Waals surface area contributed by atoms with E-state index in [2.05, 4.69) is 23.3 Å². The molecule has 1 rings (SSSR count). The van der Waals surface area contributed by atoms with Crippen LogP contribution in [-0.2, 0) is 24.0 Å². The van der Waals surface area contributed by atoms with Crippen molar-refractivity contribution in [2.75, 3.05) is 12.3 Å². The first kappa shape index (κ1) is 23.7. The number of rotatable bonds is 2. The Bertz CT molecular complexity index is 568. The number of amides is 2. The average Bonchev–Trinajstić information content (AvgIpc) is 2.54. The largest absolute Gasteiger partial charge is 0.490 e. The van der Waals surface area contributed by atoms with Gasteiger partial charge in [0.2, 0.25) is 11.8 Å². The molecule has 26 heavy (non-hydrogen) atoms. The van der Waals surface area contributed by atoms with E-state index in [-0.39, 0.29) is 37.3 Å². The van der Waals surface area contributed by atoms with Gasteiger partial charge in [0.15, 0.2) is 5.78 Å². The van der Waals surface area contributed by atoms with Crippen LogP contribution in [0.1, 0.15) is 19.3 Å². The van der Waals surface area contributed by atoms with Gasteiger partial charge in [-0.1, -0.05) is 0 Å². The molecule has 0 saturated carbocycles. The maximum atomic E-state index is 11.6. The van der Waals surface area contributed by atoms with Crippen molar-refractivity contribution >= 4 is 42.2 Å². The van der Waals surface area contributed by atoms with Gasteiger partial charge in [0.25, 0.3) is 0 Å². The third kappa shape index (κ3) is 9.25. The number of carboxylic acids is 2. The minimum atomic E-state index is -5.08. The van der Waals surface area contributed by atoms with Crippen molar-refractivity contribution < 1.29 is 47.4 Å². The van der Waals surface area contributed by atoms with Crippen molar-refractivity contribution in [3.63, 3.8) is 0 Å². The number of hydrogen-bond acceptors (Lipinski definition) is 6. The summed E-state index contributed by atoms with van der Waals surface area (Å²) in [6.45, 7) is -0.233. The van der Waals surface area contributed by atoms with E-state index in [1.54, 1.807) is 0 Å². The van der Waals surface area contributed by atoms with Gasteiger partial charge in [0, 0.05) is 18.6 Å². The molecule has 9 nitrogen and oxygen atoms in total. The minimum absolute atomic E-state index is 0.0399. The van der Waals surface area contributed by atoms with E-state index in [0.29, 0.717) is 0 Å². The Morgan fingerprint density at radius 1 is 1.19 bits per heavy atom. The van der Waals surface area contributed by atoms with E-state index in [1.807, 2.05) is 0 Å². The zero-order chi connectivity index (χ0) is 20.5. The van der Waals surface area contributed by atoms with Gasteiger partial charge in [0.05, 0.1) is 12.5 Å². The predicted molar refractivity (Wildman–Crippen MR) is 82.5 cm³/mol. The SMILES string of the molecule is O=C(O)C(F)(F)F.O=C1CNC(=O)C(CS)NC(=O)CCC(C(=O)O)C1. The van der Waals surface area contributed by atoms with Gasteiger partial charge in [-0.25, -0.2) is 4.79 Å². The molecule has 2 amide bonds. The number of thiol groups is 1. The fourth-order valence-electron chi connectivity index (χ4n) is 1.73. The Morgan fingerprint density at radius 3 is 2.15 bits per heavy atom. The molecule has 13 heteroatoms. The summed E-state index contributed by atoms with van der Waals surface area (Å²) >= 11 is 3.95. The van der Waals surface area contributed by atoms with E-state index in [4.69, 9.17) is 15.0 Å². The lowest BCUT2D eigenvalue weighted by Crippen LogP contribution is -2.48. The first-order chi connectivity index (χ1) is 11.9. The summed E-state index contributed by atoms with van der Waals surface area (Å²) in [7, 11) is 0. The highest BCUT2D eigenvalue weighted by Gasteiger charge is 2.38. The maximum absolute atomic E-state index is 11.6.